The summed E-state index contributed by atoms with van der Waals surface area (Å²) in [6, 6.07) is 11.6. The molecule has 0 aliphatic heterocycles. The van der Waals surface area contributed by atoms with Gasteiger partial charge >= 0.3 is 5.97 Å². The number of carbonyl (C=O) groups is 2. The minimum Gasteiger partial charge on any atom is -0.469 e. The maximum absolute atomic E-state index is 12.2. The highest BCUT2D eigenvalue weighted by atomic mass is 32.1. The molecule has 1 heterocycles. The molecule has 2 aromatic rings. The summed E-state index contributed by atoms with van der Waals surface area (Å²) in [6.07, 6.45) is 1.22. The Morgan fingerprint density at radius 3 is 2.57 bits per heavy atom. The van der Waals surface area contributed by atoms with Crippen LogP contribution < -0.4 is 5.32 Å². The molecule has 1 amide bonds. The van der Waals surface area contributed by atoms with Crippen LogP contribution in [0.3, 0.4) is 0 Å². The van der Waals surface area contributed by atoms with Gasteiger partial charge in [0.15, 0.2) is 0 Å². The van der Waals surface area contributed by atoms with E-state index >= 15 is 0 Å². The lowest BCUT2D eigenvalue weighted by molar-refractivity contribution is -0.141. The van der Waals surface area contributed by atoms with E-state index in [1.165, 1.54) is 24.0 Å². The van der Waals surface area contributed by atoms with Gasteiger partial charge in [0.25, 0.3) is 0 Å². The fourth-order valence-electron chi connectivity index (χ4n) is 2.24. The van der Waals surface area contributed by atoms with Crippen LogP contribution in [-0.2, 0) is 20.7 Å². The van der Waals surface area contributed by atoms with E-state index in [-0.39, 0.29) is 24.3 Å². The van der Waals surface area contributed by atoms with Crippen molar-refractivity contribution in [2.75, 3.05) is 7.11 Å². The first-order valence-electron chi connectivity index (χ1n) is 7.53. The van der Waals surface area contributed by atoms with Gasteiger partial charge in [0.2, 0.25) is 5.91 Å². The molecular weight excluding hydrogens is 310 g/mol. The summed E-state index contributed by atoms with van der Waals surface area (Å²) in [5, 5.41) is 4.87. The molecule has 0 aliphatic carbocycles. The predicted octanol–water partition coefficient (Wildman–Crippen LogP) is 3.41. The Morgan fingerprint density at radius 2 is 1.96 bits per heavy atom. The molecule has 1 aromatic heterocycles. The van der Waals surface area contributed by atoms with Crippen molar-refractivity contribution >= 4 is 23.2 Å². The van der Waals surface area contributed by atoms with E-state index in [4.69, 9.17) is 4.74 Å². The SMILES string of the molecule is COC(=O)CC(NC(=O)CCc1ccc(C)cc1)c1cccs1. The Labute approximate surface area is 140 Å². The topological polar surface area (TPSA) is 55.4 Å². The quantitative estimate of drug-likeness (QED) is 0.791. The molecule has 122 valence electrons. The molecular formula is C18H21NO3S. The molecule has 0 spiro atoms. The van der Waals surface area contributed by atoms with Crippen molar-refractivity contribution in [2.24, 2.45) is 0 Å². The van der Waals surface area contributed by atoms with Gasteiger partial charge in [-0.1, -0.05) is 35.9 Å². The average Bonchev–Trinajstić information content (AvgIpc) is 3.08. The van der Waals surface area contributed by atoms with E-state index in [1.807, 2.05) is 48.7 Å². The van der Waals surface area contributed by atoms with Crippen molar-refractivity contribution in [2.45, 2.75) is 32.2 Å². The molecule has 0 saturated carbocycles. The van der Waals surface area contributed by atoms with Crippen molar-refractivity contribution in [3.63, 3.8) is 0 Å². The van der Waals surface area contributed by atoms with Crippen LogP contribution in [0, 0.1) is 6.92 Å². The number of aryl methyl sites for hydroxylation is 2. The highest BCUT2D eigenvalue weighted by molar-refractivity contribution is 7.10. The molecule has 0 radical (unpaired) electrons. The number of amides is 1. The fourth-order valence-corrected chi connectivity index (χ4v) is 3.02. The smallest absolute Gasteiger partial charge is 0.307 e. The zero-order valence-corrected chi connectivity index (χ0v) is 14.2. The van der Waals surface area contributed by atoms with Gasteiger partial charge in [-0.3, -0.25) is 9.59 Å². The maximum atomic E-state index is 12.2. The first-order chi connectivity index (χ1) is 11.1. The van der Waals surface area contributed by atoms with Crippen molar-refractivity contribution in [3.05, 3.63) is 57.8 Å². The number of hydrogen-bond acceptors (Lipinski definition) is 4. The molecule has 1 N–H and O–H groups in total. The van der Waals surface area contributed by atoms with Gasteiger partial charge in [0.1, 0.15) is 0 Å². The number of nitrogens with one attached hydrogen (secondary N) is 1. The van der Waals surface area contributed by atoms with Crippen molar-refractivity contribution in [1.82, 2.24) is 5.32 Å². The molecule has 1 atom stereocenters. The molecule has 5 heteroatoms. The highest BCUT2D eigenvalue weighted by Gasteiger charge is 2.19. The third kappa shape index (κ3) is 5.53. The Balaban J connectivity index is 1.91. The third-order valence-corrected chi connectivity index (χ3v) is 4.57. The molecule has 1 unspecified atom stereocenters. The molecule has 0 bridgehead atoms. The summed E-state index contributed by atoms with van der Waals surface area (Å²) in [6.45, 7) is 2.04. The lowest BCUT2D eigenvalue weighted by Gasteiger charge is -2.16. The molecule has 0 aliphatic rings. The van der Waals surface area contributed by atoms with E-state index in [9.17, 15) is 9.59 Å². The lowest BCUT2D eigenvalue weighted by atomic mass is 10.1. The second kappa shape index (κ2) is 8.48. The standard InChI is InChI=1S/C18H21NO3S/c1-13-5-7-14(8-6-13)9-10-17(20)19-15(12-18(21)22-2)16-4-3-11-23-16/h3-8,11,15H,9-10,12H2,1-2H3,(H,19,20). The van der Waals surface area contributed by atoms with E-state index < -0.39 is 0 Å². The largest absolute Gasteiger partial charge is 0.469 e. The van der Waals surface area contributed by atoms with E-state index in [0.29, 0.717) is 12.8 Å². The molecule has 0 fully saturated rings. The fraction of sp³-hybridized carbons (Fsp3) is 0.333. The first kappa shape index (κ1) is 17.2. The first-order valence-corrected chi connectivity index (χ1v) is 8.41. The Kier molecular flexibility index (Phi) is 6.35. The predicted molar refractivity (Wildman–Crippen MR) is 91.3 cm³/mol. The molecule has 23 heavy (non-hydrogen) atoms. The zero-order chi connectivity index (χ0) is 16.7. The average molecular weight is 331 g/mol. The zero-order valence-electron chi connectivity index (χ0n) is 13.4. The van der Waals surface area contributed by atoms with E-state index in [1.54, 1.807) is 0 Å². The van der Waals surface area contributed by atoms with Crippen LogP contribution in [0.4, 0.5) is 0 Å². The number of rotatable bonds is 7. The number of thiophene rings is 1. The Bertz CT molecular complexity index is 635. The number of esters is 1. The number of methoxy groups -OCH3 is 1. The Morgan fingerprint density at radius 1 is 1.22 bits per heavy atom. The van der Waals surface area contributed by atoms with Crippen molar-refractivity contribution in [1.29, 1.82) is 0 Å². The summed E-state index contributed by atoms with van der Waals surface area (Å²) in [7, 11) is 1.35. The molecule has 2 rings (SSSR count). The van der Waals surface area contributed by atoms with Crippen LogP contribution >= 0.6 is 11.3 Å². The minimum absolute atomic E-state index is 0.0621. The summed E-state index contributed by atoms with van der Waals surface area (Å²) in [4.78, 5) is 24.7. The third-order valence-electron chi connectivity index (χ3n) is 3.58. The lowest BCUT2D eigenvalue weighted by Crippen LogP contribution is -2.30. The van der Waals surface area contributed by atoms with Gasteiger partial charge in [-0.2, -0.15) is 0 Å². The maximum Gasteiger partial charge on any atom is 0.307 e. The molecule has 1 aromatic carbocycles. The molecule has 4 nitrogen and oxygen atoms in total. The summed E-state index contributed by atoms with van der Waals surface area (Å²) < 4.78 is 4.72. The van der Waals surface area contributed by atoms with Gasteiger partial charge in [-0.25, -0.2) is 0 Å². The summed E-state index contributed by atoms with van der Waals surface area (Å²) in [5.41, 5.74) is 2.33. The highest BCUT2D eigenvalue weighted by Crippen LogP contribution is 2.22. The van der Waals surface area contributed by atoms with E-state index in [0.717, 1.165) is 10.4 Å². The second-order valence-corrected chi connectivity index (χ2v) is 6.38. The normalized spacial score (nSPS) is 11.7. The number of benzene rings is 1. The van der Waals surface area contributed by atoms with Gasteiger partial charge in [-0.15, -0.1) is 11.3 Å². The van der Waals surface area contributed by atoms with Crippen molar-refractivity contribution < 1.29 is 14.3 Å². The van der Waals surface area contributed by atoms with Crippen molar-refractivity contribution in [3.8, 4) is 0 Å². The van der Waals surface area contributed by atoms with Gasteiger partial charge in [0.05, 0.1) is 19.6 Å². The van der Waals surface area contributed by atoms with Crippen LogP contribution in [-0.4, -0.2) is 19.0 Å². The Hall–Kier alpha value is -2.14. The van der Waals surface area contributed by atoms with Gasteiger partial charge < -0.3 is 10.1 Å². The van der Waals surface area contributed by atoms with Gasteiger partial charge in [-0.05, 0) is 30.4 Å². The van der Waals surface area contributed by atoms with Crippen LogP contribution in [0.5, 0.6) is 0 Å². The van der Waals surface area contributed by atoms with Crippen LogP contribution in [0.15, 0.2) is 41.8 Å². The number of carbonyl (C=O) groups excluding carboxylic acids is 2. The summed E-state index contributed by atoms with van der Waals surface area (Å²) in [5.74, 6) is -0.393. The monoisotopic (exact) mass is 331 g/mol. The second-order valence-electron chi connectivity index (χ2n) is 5.40. The van der Waals surface area contributed by atoms with Crippen LogP contribution in [0.2, 0.25) is 0 Å². The van der Waals surface area contributed by atoms with Crippen LogP contribution in [0.25, 0.3) is 0 Å². The van der Waals surface area contributed by atoms with Gasteiger partial charge in [0, 0.05) is 11.3 Å². The van der Waals surface area contributed by atoms with E-state index in [2.05, 4.69) is 5.32 Å². The molecule has 0 saturated heterocycles. The minimum atomic E-state index is -0.331. The van der Waals surface area contributed by atoms with Crippen LogP contribution in [0.1, 0.15) is 34.9 Å². The number of hydrogen-bond donors (Lipinski definition) is 1. The number of ether oxygens (including phenoxy) is 1. The summed E-state index contributed by atoms with van der Waals surface area (Å²) >= 11 is 1.52.